The maximum atomic E-state index is 13.2. The Bertz CT molecular complexity index is 1410. The van der Waals surface area contributed by atoms with Crippen LogP contribution in [-0.2, 0) is 14.6 Å². The molecular weight excluding hydrogens is 479 g/mol. The molecule has 2 aromatic heterocycles. The van der Waals surface area contributed by atoms with Crippen molar-refractivity contribution < 1.29 is 26.4 Å². The van der Waals surface area contributed by atoms with Crippen LogP contribution in [0.3, 0.4) is 0 Å². The number of nitrogens with zero attached hydrogens (tertiary/aromatic N) is 4. The van der Waals surface area contributed by atoms with Gasteiger partial charge in [-0.3, -0.25) is 4.79 Å². The van der Waals surface area contributed by atoms with E-state index in [1.165, 1.54) is 35.3 Å². The lowest BCUT2D eigenvalue weighted by Gasteiger charge is -2.07. The third-order valence-electron chi connectivity index (χ3n) is 4.44. The Labute approximate surface area is 189 Å². The van der Waals surface area contributed by atoms with Crippen LogP contribution in [0.5, 0.6) is 0 Å². The average Bonchev–Trinajstić information content (AvgIpc) is 3.23. The molecule has 0 aliphatic heterocycles. The summed E-state index contributed by atoms with van der Waals surface area (Å²) in [6.07, 6.45) is 2.87. The molecule has 0 saturated heterocycles. The van der Waals surface area contributed by atoms with Gasteiger partial charge in [0.05, 0.1) is 27.9 Å². The Kier molecular flexibility index (Phi) is 6.33. The highest BCUT2D eigenvalue weighted by atomic mass is 32.2. The lowest BCUT2D eigenvalue weighted by molar-refractivity contribution is -0.113. The van der Waals surface area contributed by atoms with E-state index in [1.807, 2.05) is 0 Å². The van der Waals surface area contributed by atoms with Gasteiger partial charge in [-0.2, -0.15) is 13.9 Å². The van der Waals surface area contributed by atoms with Gasteiger partial charge in [0.2, 0.25) is 15.7 Å². The monoisotopic (exact) mass is 493 g/mol. The fourth-order valence-corrected chi connectivity index (χ4v) is 4.35. The van der Waals surface area contributed by atoms with Crippen LogP contribution in [0.25, 0.3) is 16.7 Å². The minimum absolute atomic E-state index is 0.0368. The molecule has 1 N–H and O–H groups in total. The van der Waals surface area contributed by atoms with E-state index in [0.717, 1.165) is 23.9 Å². The van der Waals surface area contributed by atoms with Crippen molar-refractivity contribution in [2.24, 2.45) is 0 Å². The Hall–Kier alpha value is -3.45. The Balaban J connectivity index is 1.44. The summed E-state index contributed by atoms with van der Waals surface area (Å²) in [5.74, 6) is -4.35. The van der Waals surface area contributed by atoms with Crippen LogP contribution in [-0.4, -0.2) is 45.6 Å². The molecule has 8 nitrogen and oxygen atoms in total. The maximum absolute atomic E-state index is 13.2. The molecule has 2 heterocycles. The lowest BCUT2D eigenvalue weighted by Crippen LogP contribution is -2.15. The van der Waals surface area contributed by atoms with Crippen LogP contribution < -0.4 is 5.32 Å². The van der Waals surface area contributed by atoms with Crippen molar-refractivity contribution in [3.05, 3.63) is 66.9 Å². The second-order valence-corrected chi connectivity index (χ2v) is 9.50. The number of fused-ring (bicyclic) bond motifs is 1. The zero-order valence-electron chi connectivity index (χ0n) is 16.5. The second kappa shape index (κ2) is 9.19. The van der Waals surface area contributed by atoms with Gasteiger partial charge in [0.15, 0.2) is 5.65 Å². The summed E-state index contributed by atoms with van der Waals surface area (Å²) in [6.45, 7) is 0. The number of sulfone groups is 1. The molecule has 0 spiro atoms. The number of alkyl halides is 2. The van der Waals surface area contributed by atoms with E-state index in [4.69, 9.17) is 0 Å². The van der Waals surface area contributed by atoms with E-state index >= 15 is 0 Å². The van der Waals surface area contributed by atoms with Crippen molar-refractivity contribution in [2.45, 2.75) is 15.7 Å². The number of benzene rings is 2. The predicted octanol–water partition coefficient (Wildman–Crippen LogP) is 3.68. The van der Waals surface area contributed by atoms with Crippen LogP contribution in [0.2, 0.25) is 0 Å². The van der Waals surface area contributed by atoms with Crippen molar-refractivity contribution in [1.29, 1.82) is 0 Å². The van der Waals surface area contributed by atoms with E-state index in [-0.39, 0.29) is 17.3 Å². The highest BCUT2D eigenvalue weighted by Crippen LogP contribution is 2.26. The molecule has 0 atom stereocenters. The van der Waals surface area contributed by atoms with Crippen molar-refractivity contribution in [3.8, 4) is 5.69 Å². The summed E-state index contributed by atoms with van der Waals surface area (Å²) < 4.78 is 62.8. The molecule has 0 unspecified atom stereocenters. The molecule has 0 bridgehead atoms. The van der Waals surface area contributed by atoms with Crippen molar-refractivity contribution in [3.63, 3.8) is 0 Å². The number of rotatable bonds is 7. The average molecular weight is 493 g/mol. The number of aromatic nitrogens is 4. The Morgan fingerprint density at radius 3 is 2.42 bits per heavy atom. The molecule has 13 heteroatoms. The van der Waals surface area contributed by atoms with Gasteiger partial charge in [0.25, 0.3) is 0 Å². The van der Waals surface area contributed by atoms with E-state index in [2.05, 4.69) is 20.4 Å². The first-order valence-corrected chi connectivity index (χ1v) is 11.8. The Morgan fingerprint density at radius 1 is 1.06 bits per heavy atom. The normalized spacial score (nSPS) is 11.8. The first kappa shape index (κ1) is 22.7. The summed E-state index contributed by atoms with van der Waals surface area (Å²) in [7, 11) is -4.70. The first-order valence-electron chi connectivity index (χ1n) is 9.25. The summed E-state index contributed by atoms with van der Waals surface area (Å²) in [5, 5.41) is 7.93. The summed E-state index contributed by atoms with van der Waals surface area (Å²) in [6, 6.07) is 10.2. The summed E-state index contributed by atoms with van der Waals surface area (Å²) >= 11 is 1.13. The number of carbonyl (C=O) groups excluding carboxylic acids is 1. The molecule has 170 valence electrons. The number of halogens is 3. The number of anilines is 1. The van der Waals surface area contributed by atoms with E-state index in [1.54, 1.807) is 18.3 Å². The van der Waals surface area contributed by atoms with Crippen molar-refractivity contribution in [2.75, 3.05) is 11.1 Å². The van der Waals surface area contributed by atoms with Gasteiger partial charge in [-0.25, -0.2) is 27.5 Å². The molecule has 0 aliphatic rings. The van der Waals surface area contributed by atoms with Crippen LogP contribution in [0.1, 0.15) is 0 Å². The van der Waals surface area contributed by atoms with E-state index in [9.17, 15) is 26.4 Å². The molecule has 4 rings (SSSR count). The highest BCUT2D eigenvalue weighted by Gasteiger charge is 2.26. The largest absolute Gasteiger partial charge is 0.341 e. The quantitative estimate of drug-likeness (QED) is 0.309. The van der Waals surface area contributed by atoms with Gasteiger partial charge in [-0.1, -0.05) is 11.8 Å². The zero-order valence-corrected chi connectivity index (χ0v) is 18.2. The fraction of sp³-hybridized carbons (Fsp3) is 0.100. The summed E-state index contributed by atoms with van der Waals surface area (Å²) in [5.41, 5.74) is 1.34. The highest BCUT2D eigenvalue weighted by molar-refractivity contribution is 8.00. The summed E-state index contributed by atoms with van der Waals surface area (Å²) in [4.78, 5) is 20.2. The molecule has 0 aliphatic carbocycles. The fourth-order valence-electron chi connectivity index (χ4n) is 2.87. The number of hydrogen-bond acceptors (Lipinski definition) is 7. The van der Waals surface area contributed by atoms with Crippen LogP contribution in [0, 0.1) is 5.82 Å². The number of thioether (sulfide) groups is 1. The Morgan fingerprint density at radius 2 is 1.76 bits per heavy atom. The van der Waals surface area contributed by atoms with E-state index < -0.39 is 26.4 Å². The molecule has 1 amide bonds. The second-order valence-electron chi connectivity index (χ2n) is 6.62. The molecule has 0 radical (unpaired) electrons. The van der Waals surface area contributed by atoms with E-state index in [0.29, 0.717) is 21.7 Å². The van der Waals surface area contributed by atoms with Crippen LogP contribution >= 0.6 is 11.8 Å². The number of hydrogen-bond donors (Lipinski definition) is 1. The first-order chi connectivity index (χ1) is 15.8. The third-order valence-corrected chi connectivity index (χ3v) is 6.85. The van der Waals surface area contributed by atoms with Gasteiger partial charge >= 0.3 is 5.76 Å². The van der Waals surface area contributed by atoms with Gasteiger partial charge in [0.1, 0.15) is 17.2 Å². The van der Waals surface area contributed by atoms with Crippen LogP contribution in [0.15, 0.2) is 71.0 Å². The lowest BCUT2D eigenvalue weighted by atomic mass is 10.3. The third kappa shape index (κ3) is 4.83. The minimum Gasteiger partial charge on any atom is -0.325 e. The number of carbonyl (C=O) groups is 1. The van der Waals surface area contributed by atoms with Gasteiger partial charge in [-0.05, 0) is 48.5 Å². The molecule has 33 heavy (non-hydrogen) atoms. The van der Waals surface area contributed by atoms with Gasteiger partial charge < -0.3 is 5.32 Å². The zero-order chi connectivity index (χ0) is 23.6. The SMILES string of the molecule is O=C(CSc1ncnc2c1cnn2-c1ccc(F)cc1)Nc1ccc(S(=O)(=O)C(F)F)cc1. The topological polar surface area (TPSA) is 107 Å². The predicted molar refractivity (Wildman–Crippen MR) is 116 cm³/mol. The van der Waals surface area contributed by atoms with Gasteiger partial charge in [-0.15, -0.1) is 0 Å². The molecule has 2 aromatic carbocycles. The molecule has 4 aromatic rings. The standard InChI is InChI=1S/C20H14F3N5O3S2/c21-12-1-5-14(6-2-12)28-18-16(9-26-28)19(25-11-24-18)32-10-17(29)27-13-3-7-15(8-4-13)33(30,31)20(22)23/h1-9,11,20H,10H2,(H,27,29). The minimum atomic E-state index is -4.70. The molecular formula is C20H14F3N5O3S2. The molecule has 0 fully saturated rings. The molecule has 0 saturated carbocycles. The van der Waals surface area contributed by atoms with Gasteiger partial charge in [0, 0.05) is 5.69 Å². The van der Waals surface area contributed by atoms with Crippen molar-refractivity contribution in [1.82, 2.24) is 19.7 Å². The number of nitrogens with one attached hydrogen (secondary N) is 1. The maximum Gasteiger partial charge on any atom is 0.341 e. The smallest absolute Gasteiger partial charge is 0.325 e. The number of amides is 1. The van der Waals surface area contributed by atoms with Crippen LogP contribution in [0.4, 0.5) is 18.9 Å². The van der Waals surface area contributed by atoms with Crippen molar-refractivity contribution >= 4 is 44.2 Å².